The first kappa shape index (κ1) is 16.8. The summed E-state index contributed by atoms with van der Waals surface area (Å²) in [5, 5.41) is 4.44. The summed E-state index contributed by atoms with van der Waals surface area (Å²) in [4.78, 5) is 15.8. The second-order valence-electron chi connectivity index (χ2n) is 6.55. The molecule has 7 heteroatoms. The summed E-state index contributed by atoms with van der Waals surface area (Å²) < 4.78 is 14.4. The van der Waals surface area contributed by atoms with Gasteiger partial charge < -0.3 is 10.3 Å². The van der Waals surface area contributed by atoms with Crippen molar-refractivity contribution in [2.75, 3.05) is 5.32 Å². The van der Waals surface area contributed by atoms with Crippen LogP contribution in [-0.2, 0) is 0 Å². The molecule has 0 spiro atoms. The van der Waals surface area contributed by atoms with Gasteiger partial charge in [-0.3, -0.25) is 0 Å². The maximum atomic E-state index is 14.4. The van der Waals surface area contributed by atoms with E-state index in [0.717, 1.165) is 43.7 Å². The third kappa shape index (κ3) is 2.99. The summed E-state index contributed by atoms with van der Waals surface area (Å²) in [6.45, 7) is 0. The van der Waals surface area contributed by atoms with Gasteiger partial charge in [0.05, 0.1) is 16.8 Å². The van der Waals surface area contributed by atoms with E-state index in [9.17, 15) is 4.39 Å². The van der Waals surface area contributed by atoms with Crippen molar-refractivity contribution in [3.8, 4) is 23.7 Å². The van der Waals surface area contributed by atoms with Crippen molar-refractivity contribution >= 4 is 28.5 Å². The van der Waals surface area contributed by atoms with E-state index in [1.165, 1.54) is 0 Å². The zero-order valence-corrected chi connectivity index (χ0v) is 14.8. The third-order valence-corrected chi connectivity index (χ3v) is 5.03. The number of aromatic amines is 1. The van der Waals surface area contributed by atoms with Crippen molar-refractivity contribution in [3.63, 3.8) is 0 Å². The lowest BCUT2D eigenvalue weighted by atomic mass is 9.82. The molecule has 5 nitrogen and oxygen atoms in total. The first-order valence-electron chi connectivity index (χ1n) is 8.52. The molecule has 3 heterocycles. The molecule has 0 saturated heterocycles. The first-order chi connectivity index (χ1) is 12.6. The predicted octanol–water partition coefficient (Wildman–Crippen LogP) is 4.56. The van der Waals surface area contributed by atoms with Crippen LogP contribution in [0, 0.1) is 18.2 Å². The van der Waals surface area contributed by atoms with Crippen LogP contribution in [0.25, 0.3) is 22.4 Å². The molecule has 0 atom stereocenters. The standard InChI is InChI=1S/C19H17ClFN5/c1-2-19(6-4-3-5-7-19)26-18-15(21)11-24-17(25-18)14-10-23-16-13(14)8-12(20)9-22-16/h1,8-11H,3-7H2,(H,22,23)(H,24,25,26). The summed E-state index contributed by atoms with van der Waals surface area (Å²) in [6, 6.07) is 1.78. The van der Waals surface area contributed by atoms with Gasteiger partial charge in [-0.1, -0.05) is 36.8 Å². The van der Waals surface area contributed by atoms with Crippen LogP contribution in [0.1, 0.15) is 32.1 Å². The summed E-state index contributed by atoms with van der Waals surface area (Å²) in [5.74, 6) is 2.80. The lowest BCUT2D eigenvalue weighted by Gasteiger charge is -2.33. The minimum Gasteiger partial charge on any atom is -0.351 e. The highest BCUT2D eigenvalue weighted by atomic mass is 35.5. The minimum atomic E-state index is -0.560. The first-order valence-corrected chi connectivity index (χ1v) is 8.89. The fourth-order valence-corrected chi connectivity index (χ4v) is 3.59. The van der Waals surface area contributed by atoms with Gasteiger partial charge in [-0.25, -0.2) is 19.3 Å². The smallest absolute Gasteiger partial charge is 0.183 e. The molecule has 3 aromatic rings. The number of hydrogen-bond acceptors (Lipinski definition) is 4. The molecule has 0 amide bonds. The molecule has 1 aliphatic carbocycles. The summed E-state index contributed by atoms with van der Waals surface area (Å²) in [7, 11) is 0. The number of fused-ring (bicyclic) bond motifs is 1. The van der Waals surface area contributed by atoms with Crippen LogP contribution in [0.15, 0.2) is 24.7 Å². The molecule has 132 valence electrons. The Labute approximate surface area is 155 Å². The fraction of sp³-hybridized carbons (Fsp3) is 0.316. The molecule has 0 aromatic carbocycles. The van der Waals surface area contributed by atoms with Crippen molar-refractivity contribution in [1.29, 1.82) is 0 Å². The Morgan fingerprint density at radius 2 is 2.04 bits per heavy atom. The third-order valence-electron chi connectivity index (χ3n) is 4.82. The number of hydrogen-bond donors (Lipinski definition) is 2. The largest absolute Gasteiger partial charge is 0.351 e. The zero-order chi connectivity index (χ0) is 18.1. The van der Waals surface area contributed by atoms with Crippen molar-refractivity contribution in [1.82, 2.24) is 19.9 Å². The Kier molecular flexibility index (Phi) is 4.25. The Hall–Kier alpha value is -2.65. The number of nitrogens with zero attached hydrogens (tertiary/aromatic N) is 3. The second-order valence-corrected chi connectivity index (χ2v) is 6.99. The average molecular weight is 370 g/mol. The summed E-state index contributed by atoms with van der Waals surface area (Å²) in [6.07, 6.45) is 15.0. The van der Waals surface area contributed by atoms with Gasteiger partial charge in [-0.15, -0.1) is 6.42 Å². The molecular weight excluding hydrogens is 353 g/mol. The SMILES string of the molecule is C#CC1(Nc2nc(-c3c[nH]c4ncc(Cl)cc34)ncc2F)CCCCC1. The van der Waals surface area contributed by atoms with Gasteiger partial charge in [0.25, 0.3) is 0 Å². The molecule has 0 radical (unpaired) electrons. The molecule has 0 unspecified atom stereocenters. The van der Waals surface area contributed by atoms with Gasteiger partial charge in [-0.05, 0) is 18.9 Å². The summed E-state index contributed by atoms with van der Waals surface area (Å²) >= 11 is 6.05. The second kappa shape index (κ2) is 6.58. The van der Waals surface area contributed by atoms with Gasteiger partial charge in [0.15, 0.2) is 17.5 Å². The molecule has 1 saturated carbocycles. The molecule has 3 aromatic heterocycles. The van der Waals surface area contributed by atoms with E-state index in [1.807, 2.05) is 0 Å². The van der Waals surface area contributed by atoms with Crippen LogP contribution in [0.2, 0.25) is 5.02 Å². The molecule has 26 heavy (non-hydrogen) atoms. The van der Waals surface area contributed by atoms with Crippen LogP contribution in [-0.4, -0.2) is 25.5 Å². The predicted molar refractivity (Wildman–Crippen MR) is 100 cm³/mol. The number of nitrogens with one attached hydrogen (secondary N) is 2. The van der Waals surface area contributed by atoms with Crippen LogP contribution in [0.3, 0.4) is 0 Å². The lowest BCUT2D eigenvalue weighted by Crippen LogP contribution is -2.39. The monoisotopic (exact) mass is 369 g/mol. The van der Waals surface area contributed by atoms with Gasteiger partial charge in [0.2, 0.25) is 0 Å². The normalized spacial score (nSPS) is 16.3. The number of H-pyrrole nitrogens is 1. The Balaban J connectivity index is 1.74. The van der Waals surface area contributed by atoms with Gasteiger partial charge in [0.1, 0.15) is 5.65 Å². The van der Waals surface area contributed by atoms with Crippen LogP contribution in [0.4, 0.5) is 10.2 Å². The zero-order valence-electron chi connectivity index (χ0n) is 14.0. The highest BCUT2D eigenvalue weighted by molar-refractivity contribution is 6.31. The van der Waals surface area contributed by atoms with Gasteiger partial charge >= 0.3 is 0 Å². The molecule has 0 bridgehead atoms. The van der Waals surface area contributed by atoms with Crippen molar-refractivity contribution < 1.29 is 4.39 Å². The Bertz CT molecular complexity index is 1000. The van der Waals surface area contributed by atoms with E-state index in [-0.39, 0.29) is 5.82 Å². The van der Waals surface area contributed by atoms with Gasteiger partial charge in [-0.2, -0.15) is 0 Å². The number of halogens is 2. The van der Waals surface area contributed by atoms with E-state index in [1.54, 1.807) is 18.5 Å². The van der Waals surface area contributed by atoms with Crippen molar-refractivity contribution in [2.45, 2.75) is 37.6 Å². The number of pyridine rings is 1. The van der Waals surface area contributed by atoms with Crippen LogP contribution < -0.4 is 5.32 Å². The van der Waals surface area contributed by atoms with Crippen LogP contribution in [0.5, 0.6) is 0 Å². The number of anilines is 1. The molecule has 4 rings (SSSR count). The number of rotatable bonds is 3. The Morgan fingerprint density at radius 1 is 1.23 bits per heavy atom. The van der Waals surface area contributed by atoms with Crippen molar-refractivity contribution in [3.05, 3.63) is 35.5 Å². The van der Waals surface area contributed by atoms with E-state index in [4.69, 9.17) is 18.0 Å². The minimum absolute atomic E-state index is 0.124. The quantitative estimate of drug-likeness (QED) is 0.664. The van der Waals surface area contributed by atoms with E-state index in [0.29, 0.717) is 22.1 Å². The molecule has 1 aliphatic rings. The molecular formula is C19H17ClFN5. The fourth-order valence-electron chi connectivity index (χ4n) is 3.43. The molecule has 1 fully saturated rings. The lowest BCUT2D eigenvalue weighted by molar-refractivity contribution is 0.393. The average Bonchev–Trinajstić information content (AvgIpc) is 3.07. The maximum Gasteiger partial charge on any atom is 0.183 e. The summed E-state index contributed by atoms with van der Waals surface area (Å²) in [5.41, 5.74) is 0.811. The van der Waals surface area contributed by atoms with Crippen molar-refractivity contribution in [2.24, 2.45) is 0 Å². The highest BCUT2D eigenvalue weighted by Crippen LogP contribution is 2.33. The van der Waals surface area contributed by atoms with E-state index in [2.05, 4.69) is 31.2 Å². The highest BCUT2D eigenvalue weighted by Gasteiger charge is 2.31. The van der Waals surface area contributed by atoms with E-state index < -0.39 is 11.4 Å². The Morgan fingerprint density at radius 3 is 2.81 bits per heavy atom. The number of aromatic nitrogens is 4. The maximum absolute atomic E-state index is 14.4. The molecule has 0 aliphatic heterocycles. The van der Waals surface area contributed by atoms with Crippen LogP contribution >= 0.6 is 11.6 Å². The number of terminal acetylenes is 1. The topological polar surface area (TPSA) is 66.5 Å². The van der Waals surface area contributed by atoms with Gasteiger partial charge in [0, 0.05) is 23.3 Å². The molecule has 2 N–H and O–H groups in total. The van der Waals surface area contributed by atoms with E-state index >= 15 is 0 Å².